The van der Waals surface area contributed by atoms with Crippen molar-refractivity contribution in [3.05, 3.63) is 10.6 Å². The van der Waals surface area contributed by atoms with Gasteiger partial charge in [0.15, 0.2) is 5.79 Å². The first kappa shape index (κ1) is 9.72. The summed E-state index contributed by atoms with van der Waals surface area (Å²) in [5.74, 6) is -0.524. The first-order chi connectivity index (χ1) is 5.53. The summed E-state index contributed by atoms with van der Waals surface area (Å²) in [6, 6.07) is 1.96. The van der Waals surface area contributed by atoms with Gasteiger partial charge in [0.1, 0.15) is 12.2 Å². The molecule has 4 heteroatoms. The molecule has 66 valence electrons. The van der Waals surface area contributed by atoms with Gasteiger partial charge in [-0.05, 0) is 35.9 Å². The smallest absolute Gasteiger partial charge is 0.163 e. The molecule has 0 saturated carbocycles. The highest BCUT2D eigenvalue weighted by atomic mass is 79.9. The summed E-state index contributed by atoms with van der Waals surface area (Å²) >= 11 is 3.09. The van der Waals surface area contributed by atoms with E-state index in [1.807, 2.05) is 19.9 Å². The number of allylic oxidation sites excluding steroid dienone is 1. The first-order valence-corrected chi connectivity index (χ1v) is 4.42. The average molecular weight is 232 g/mol. The van der Waals surface area contributed by atoms with Crippen LogP contribution in [0.5, 0.6) is 0 Å². The number of ether oxygens (including phenoxy) is 2. The Morgan fingerprint density at radius 2 is 2.42 bits per heavy atom. The van der Waals surface area contributed by atoms with Crippen molar-refractivity contribution in [2.24, 2.45) is 0 Å². The molecule has 0 unspecified atom stereocenters. The predicted molar refractivity (Wildman–Crippen MR) is 47.5 cm³/mol. The van der Waals surface area contributed by atoms with E-state index in [9.17, 15) is 0 Å². The number of halogens is 1. The number of nitriles is 1. The van der Waals surface area contributed by atoms with E-state index in [0.717, 1.165) is 0 Å². The van der Waals surface area contributed by atoms with Gasteiger partial charge in [-0.3, -0.25) is 0 Å². The third-order valence-electron chi connectivity index (χ3n) is 1.47. The van der Waals surface area contributed by atoms with Crippen LogP contribution in [-0.2, 0) is 9.47 Å². The molecule has 0 aliphatic carbocycles. The summed E-state index contributed by atoms with van der Waals surface area (Å²) < 4.78 is 11.2. The van der Waals surface area contributed by atoms with Gasteiger partial charge in [-0.15, -0.1) is 0 Å². The Bertz CT molecular complexity index is 242. The summed E-state index contributed by atoms with van der Waals surface area (Å²) in [5.41, 5.74) is 0. The van der Waals surface area contributed by atoms with Gasteiger partial charge in [-0.2, -0.15) is 5.26 Å². The van der Waals surface area contributed by atoms with E-state index in [1.165, 1.54) is 0 Å². The van der Waals surface area contributed by atoms with Gasteiger partial charge in [-0.25, -0.2) is 0 Å². The monoisotopic (exact) mass is 231 g/mol. The van der Waals surface area contributed by atoms with Crippen molar-refractivity contribution >= 4 is 15.9 Å². The highest BCUT2D eigenvalue weighted by molar-refractivity contribution is 9.12. The Kier molecular flexibility index (Phi) is 2.89. The highest BCUT2D eigenvalue weighted by Crippen LogP contribution is 2.24. The fourth-order valence-electron chi connectivity index (χ4n) is 0.998. The van der Waals surface area contributed by atoms with Crippen molar-refractivity contribution in [2.45, 2.75) is 25.7 Å². The lowest BCUT2D eigenvalue weighted by Gasteiger charge is -2.15. The first-order valence-electron chi connectivity index (χ1n) is 3.63. The second kappa shape index (κ2) is 3.56. The molecular weight excluding hydrogens is 222 g/mol. The van der Waals surface area contributed by atoms with E-state index >= 15 is 0 Å². The largest absolute Gasteiger partial charge is 0.347 e. The molecule has 1 aliphatic heterocycles. The summed E-state index contributed by atoms with van der Waals surface area (Å²) in [4.78, 5) is 0. The molecule has 0 aromatic rings. The topological polar surface area (TPSA) is 42.2 Å². The lowest BCUT2D eigenvalue weighted by molar-refractivity contribution is -0.133. The highest BCUT2D eigenvalue weighted by Gasteiger charge is 2.31. The number of rotatable bonds is 1. The van der Waals surface area contributed by atoms with Gasteiger partial charge < -0.3 is 9.47 Å². The van der Waals surface area contributed by atoms with Crippen molar-refractivity contribution in [2.75, 3.05) is 6.61 Å². The Labute approximate surface area is 80.1 Å². The second-order valence-electron chi connectivity index (χ2n) is 2.99. The molecule has 1 aliphatic rings. The zero-order valence-corrected chi connectivity index (χ0v) is 8.59. The molecule has 1 saturated heterocycles. The minimum Gasteiger partial charge on any atom is -0.347 e. The zero-order chi connectivity index (χ0) is 9.19. The summed E-state index contributed by atoms with van der Waals surface area (Å²) in [6.45, 7) is 4.20. The molecule has 0 aromatic carbocycles. The van der Waals surface area contributed by atoms with Gasteiger partial charge in [0.2, 0.25) is 0 Å². The lowest BCUT2D eigenvalue weighted by Crippen LogP contribution is -2.20. The quantitative estimate of drug-likeness (QED) is 0.649. The Morgan fingerprint density at radius 3 is 2.83 bits per heavy atom. The fraction of sp³-hybridized carbons (Fsp3) is 0.625. The maximum Gasteiger partial charge on any atom is 0.163 e. The second-order valence-corrected chi connectivity index (χ2v) is 3.85. The Morgan fingerprint density at radius 1 is 1.75 bits per heavy atom. The minimum absolute atomic E-state index is 0.117. The van der Waals surface area contributed by atoms with Crippen molar-refractivity contribution < 1.29 is 9.47 Å². The van der Waals surface area contributed by atoms with E-state index in [4.69, 9.17) is 14.7 Å². The maximum atomic E-state index is 8.46. The SMILES string of the molecule is CC1(C)OC[C@H](C=C(Br)C#N)O1. The van der Waals surface area contributed by atoms with E-state index in [0.29, 0.717) is 11.1 Å². The Balaban J connectivity index is 2.55. The predicted octanol–water partition coefficient (Wildman–Crippen LogP) is 1.94. The average Bonchev–Trinajstić information content (AvgIpc) is 2.30. The van der Waals surface area contributed by atoms with Crippen LogP contribution < -0.4 is 0 Å². The summed E-state index contributed by atoms with van der Waals surface area (Å²) in [6.07, 6.45) is 1.59. The Hall–Kier alpha value is -0.370. The molecule has 1 fully saturated rings. The fourth-order valence-corrected chi connectivity index (χ4v) is 1.29. The van der Waals surface area contributed by atoms with Gasteiger partial charge in [0.25, 0.3) is 0 Å². The molecule has 1 atom stereocenters. The molecular formula is C8H10BrNO2. The van der Waals surface area contributed by atoms with Crippen molar-refractivity contribution in [1.29, 1.82) is 5.26 Å². The normalized spacial score (nSPS) is 28.5. The van der Waals surface area contributed by atoms with Crippen LogP contribution in [-0.4, -0.2) is 18.5 Å². The van der Waals surface area contributed by atoms with Gasteiger partial charge in [-0.1, -0.05) is 0 Å². The summed E-state index contributed by atoms with van der Waals surface area (Å²) in [5, 5.41) is 8.46. The molecule has 0 radical (unpaired) electrons. The molecule has 0 aromatic heterocycles. The third-order valence-corrected chi connectivity index (χ3v) is 1.91. The maximum absolute atomic E-state index is 8.46. The number of hydrogen-bond donors (Lipinski definition) is 0. The van der Waals surface area contributed by atoms with E-state index in [1.54, 1.807) is 6.08 Å². The van der Waals surface area contributed by atoms with Crippen LogP contribution in [0.2, 0.25) is 0 Å². The molecule has 0 amide bonds. The minimum atomic E-state index is -0.524. The number of nitrogens with zero attached hydrogens (tertiary/aromatic N) is 1. The molecule has 12 heavy (non-hydrogen) atoms. The third kappa shape index (κ3) is 2.59. The van der Waals surface area contributed by atoms with Crippen LogP contribution >= 0.6 is 15.9 Å². The standard InChI is InChI=1S/C8H10BrNO2/c1-8(2)11-5-7(12-8)3-6(9)4-10/h3,7H,5H2,1-2H3/t7-/m0/s1. The summed E-state index contributed by atoms with van der Waals surface area (Å²) in [7, 11) is 0. The van der Waals surface area contributed by atoms with E-state index in [2.05, 4.69) is 15.9 Å². The molecule has 0 spiro atoms. The van der Waals surface area contributed by atoms with Crippen molar-refractivity contribution in [3.8, 4) is 6.07 Å². The van der Waals surface area contributed by atoms with Crippen LogP contribution in [0, 0.1) is 11.3 Å². The van der Waals surface area contributed by atoms with Gasteiger partial charge in [0.05, 0.1) is 11.1 Å². The van der Waals surface area contributed by atoms with Crippen LogP contribution in [0.25, 0.3) is 0 Å². The van der Waals surface area contributed by atoms with Gasteiger partial charge in [0, 0.05) is 0 Å². The van der Waals surface area contributed by atoms with Crippen LogP contribution in [0.3, 0.4) is 0 Å². The molecule has 1 rings (SSSR count). The van der Waals surface area contributed by atoms with Crippen molar-refractivity contribution in [3.63, 3.8) is 0 Å². The zero-order valence-electron chi connectivity index (χ0n) is 7.00. The molecule has 1 heterocycles. The van der Waals surface area contributed by atoms with Gasteiger partial charge >= 0.3 is 0 Å². The lowest BCUT2D eigenvalue weighted by atomic mass is 10.3. The molecule has 0 bridgehead atoms. The van der Waals surface area contributed by atoms with E-state index < -0.39 is 5.79 Å². The van der Waals surface area contributed by atoms with Crippen molar-refractivity contribution in [1.82, 2.24) is 0 Å². The van der Waals surface area contributed by atoms with Crippen LogP contribution in [0.4, 0.5) is 0 Å². The van der Waals surface area contributed by atoms with Crippen LogP contribution in [0.15, 0.2) is 10.6 Å². The van der Waals surface area contributed by atoms with Crippen LogP contribution in [0.1, 0.15) is 13.8 Å². The molecule has 0 N–H and O–H groups in total. The number of hydrogen-bond acceptors (Lipinski definition) is 3. The van der Waals surface area contributed by atoms with E-state index in [-0.39, 0.29) is 6.10 Å². The molecule has 3 nitrogen and oxygen atoms in total.